The maximum atomic E-state index is 3.50. The van der Waals surface area contributed by atoms with Crippen molar-refractivity contribution >= 4 is 11.8 Å². The molecule has 1 atom stereocenters. The zero-order valence-electron chi connectivity index (χ0n) is 7.69. The molecule has 0 amide bonds. The summed E-state index contributed by atoms with van der Waals surface area (Å²) in [5, 5.41) is 3.50. The lowest BCUT2D eigenvalue weighted by Gasteiger charge is -2.25. The fourth-order valence-electron chi connectivity index (χ4n) is 1.03. The highest BCUT2D eigenvalue weighted by molar-refractivity contribution is 7.98. The lowest BCUT2D eigenvalue weighted by atomic mass is 10.1. The van der Waals surface area contributed by atoms with Crippen molar-refractivity contribution in [1.82, 2.24) is 5.32 Å². The summed E-state index contributed by atoms with van der Waals surface area (Å²) in [6.45, 7) is 8.82. The van der Waals surface area contributed by atoms with Crippen LogP contribution in [-0.4, -0.2) is 23.6 Å². The van der Waals surface area contributed by atoms with Crippen molar-refractivity contribution in [3.8, 4) is 0 Å². The van der Waals surface area contributed by atoms with Gasteiger partial charge in [-0.05, 0) is 34.0 Å². The first-order chi connectivity index (χ1) is 4.45. The minimum absolute atomic E-state index is 0.259. The Balaban J connectivity index is 3.47. The van der Waals surface area contributed by atoms with Gasteiger partial charge in [-0.2, -0.15) is 11.8 Å². The summed E-state index contributed by atoms with van der Waals surface area (Å²) in [6.07, 6.45) is 2.14. The average molecular weight is 161 g/mol. The van der Waals surface area contributed by atoms with Crippen molar-refractivity contribution in [1.29, 1.82) is 0 Å². The lowest BCUT2D eigenvalue weighted by molar-refractivity contribution is 0.389. The van der Waals surface area contributed by atoms with Crippen molar-refractivity contribution in [3.05, 3.63) is 0 Å². The molecule has 0 fully saturated rings. The summed E-state index contributed by atoms with van der Waals surface area (Å²) in [5.41, 5.74) is 0.259. The van der Waals surface area contributed by atoms with E-state index >= 15 is 0 Å². The molecule has 0 rings (SSSR count). The van der Waals surface area contributed by atoms with Crippen LogP contribution in [0, 0.1) is 0 Å². The molecule has 0 heterocycles. The van der Waals surface area contributed by atoms with Crippen LogP contribution in [0.5, 0.6) is 0 Å². The quantitative estimate of drug-likeness (QED) is 0.680. The highest BCUT2D eigenvalue weighted by Gasteiger charge is 2.12. The number of nitrogens with one attached hydrogen (secondary N) is 1. The summed E-state index contributed by atoms with van der Waals surface area (Å²) in [6, 6.07) is 0.620. The molecule has 0 aromatic rings. The van der Waals surface area contributed by atoms with Crippen molar-refractivity contribution in [3.63, 3.8) is 0 Å². The Kier molecular flexibility index (Phi) is 4.37. The molecule has 2 heteroatoms. The smallest absolute Gasteiger partial charge is 0.0134 e. The molecule has 0 saturated carbocycles. The minimum atomic E-state index is 0.259. The van der Waals surface area contributed by atoms with Crippen LogP contribution in [0.4, 0.5) is 0 Å². The Labute approximate surface area is 69.0 Å². The van der Waals surface area contributed by atoms with Crippen LogP contribution in [0.1, 0.15) is 27.7 Å². The Hall–Kier alpha value is 0.310. The second-order valence-electron chi connectivity index (χ2n) is 3.75. The van der Waals surface area contributed by atoms with E-state index in [-0.39, 0.29) is 5.54 Å². The van der Waals surface area contributed by atoms with Gasteiger partial charge in [0.15, 0.2) is 0 Å². The van der Waals surface area contributed by atoms with Gasteiger partial charge in [0.25, 0.3) is 0 Å². The summed E-state index contributed by atoms with van der Waals surface area (Å²) in [5.74, 6) is 1.19. The Morgan fingerprint density at radius 2 is 1.90 bits per heavy atom. The van der Waals surface area contributed by atoms with Gasteiger partial charge in [0, 0.05) is 17.3 Å². The molecular formula is C8H19NS. The van der Waals surface area contributed by atoms with Gasteiger partial charge in [-0.3, -0.25) is 0 Å². The number of hydrogen-bond acceptors (Lipinski definition) is 2. The first kappa shape index (κ1) is 10.3. The number of hydrogen-bond donors (Lipinski definition) is 1. The van der Waals surface area contributed by atoms with Gasteiger partial charge < -0.3 is 5.32 Å². The summed E-state index contributed by atoms with van der Waals surface area (Å²) in [7, 11) is 0. The van der Waals surface area contributed by atoms with Gasteiger partial charge >= 0.3 is 0 Å². The molecule has 0 aliphatic heterocycles. The fourth-order valence-corrected chi connectivity index (χ4v) is 1.61. The molecule has 0 radical (unpaired) electrons. The molecule has 1 nitrogen and oxygen atoms in total. The molecular weight excluding hydrogens is 142 g/mol. The van der Waals surface area contributed by atoms with E-state index in [1.54, 1.807) is 0 Å². The van der Waals surface area contributed by atoms with Crippen molar-refractivity contribution in [2.75, 3.05) is 12.0 Å². The third-order valence-corrected chi connectivity index (χ3v) is 1.93. The molecule has 10 heavy (non-hydrogen) atoms. The van der Waals surface area contributed by atoms with Crippen LogP contribution < -0.4 is 5.32 Å². The van der Waals surface area contributed by atoms with E-state index in [0.717, 1.165) is 0 Å². The van der Waals surface area contributed by atoms with Gasteiger partial charge in [-0.1, -0.05) is 0 Å². The summed E-state index contributed by atoms with van der Waals surface area (Å²) < 4.78 is 0. The van der Waals surface area contributed by atoms with Crippen LogP contribution >= 0.6 is 11.8 Å². The second kappa shape index (κ2) is 4.24. The zero-order chi connectivity index (χ0) is 8.20. The Bertz CT molecular complexity index is 85.7. The maximum absolute atomic E-state index is 3.50. The molecule has 0 aliphatic carbocycles. The van der Waals surface area contributed by atoms with Crippen LogP contribution in [0.25, 0.3) is 0 Å². The van der Waals surface area contributed by atoms with Crippen molar-refractivity contribution in [2.24, 2.45) is 0 Å². The molecule has 0 aliphatic rings. The van der Waals surface area contributed by atoms with E-state index in [9.17, 15) is 0 Å². The molecule has 62 valence electrons. The lowest BCUT2D eigenvalue weighted by Crippen LogP contribution is -2.43. The predicted octanol–water partition coefficient (Wildman–Crippen LogP) is 2.13. The molecule has 0 aromatic carbocycles. The number of rotatable bonds is 3. The maximum Gasteiger partial charge on any atom is 0.0134 e. The Morgan fingerprint density at radius 3 is 2.20 bits per heavy atom. The normalized spacial score (nSPS) is 15.3. The largest absolute Gasteiger partial charge is 0.309 e. The fraction of sp³-hybridized carbons (Fsp3) is 1.00. The SMILES string of the molecule is CSC[C@H](C)NC(C)(C)C. The minimum Gasteiger partial charge on any atom is -0.309 e. The molecule has 0 aromatic heterocycles. The van der Waals surface area contributed by atoms with E-state index in [0.29, 0.717) is 6.04 Å². The van der Waals surface area contributed by atoms with Gasteiger partial charge in [-0.25, -0.2) is 0 Å². The third kappa shape index (κ3) is 6.43. The predicted molar refractivity (Wildman–Crippen MR) is 50.7 cm³/mol. The monoisotopic (exact) mass is 161 g/mol. The third-order valence-electron chi connectivity index (χ3n) is 1.10. The van der Waals surface area contributed by atoms with E-state index in [4.69, 9.17) is 0 Å². The highest BCUT2D eigenvalue weighted by Crippen LogP contribution is 2.04. The van der Waals surface area contributed by atoms with Gasteiger partial charge in [0.2, 0.25) is 0 Å². The topological polar surface area (TPSA) is 12.0 Å². The zero-order valence-corrected chi connectivity index (χ0v) is 8.51. The molecule has 0 bridgehead atoms. The van der Waals surface area contributed by atoms with Crippen LogP contribution in [0.3, 0.4) is 0 Å². The molecule has 1 N–H and O–H groups in total. The highest BCUT2D eigenvalue weighted by atomic mass is 32.2. The van der Waals surface area contributed by atoms with Gasteiger partial charge in [0.05, 0.1) is 0 Å². The molecule has 0 unspecified atom stereocenters. The van der Waals surface area contributed by atoms with Gasteiger partial charge in [0.1, 0.15) is 0 Å². The van der Waals surface area contributed by atoms with E-state index in [1.165, 1.54) is 5.75 Å². The van der Waals surface area contributed by atoms with E-state index in [2.05, 4.69) is 39.3 Å². The van der Waals surface area contributed by atoms with E-state index in [1.807, 2.05) is 11.8 Å². The van der Waals surface area contributed by atoms with Crippen LogP contribution in [-0.2, 0) is 0 Å². The van der Waals surface area contributed by atoms with Crippen LogP contribution in [0.2, 0.25) is 0 Å². The van der Waals surface area contributed by atoms with E-state index < -0.39 is 0 Å². The Morgan fingerprint density at radius 1 is 1.40 bits per heavy atom. The second-order valence-corrected chi connectivity index (χ2v) is 4.66. The van der Waals surface area contributed by atoms with Crippen molar-refractivity contribution < 1.29 is 0 Å². The average Bonchev–Trinajstić information content (AvgIpc) is 1.59. The standard InChI is InChI=1S/C8H19NS/c1-7(6-10-5)9-8(2,3)4/h7,9H,6H2,1-5H3/t7-/m0/s1. The number of thioether (sulfide) groups is 1. The first-order valence-corrected chi connectivity index (χ1v) is 5.12. The molecule has 0 saturated heterocycles. The summed E-state index contributed by atoms with van der Waals surface area (Å²) >= 11 is 1.89. The first-order valence-electron chi connectivity index (χ1n) is 3.72. The molecule has 0 spiro atoms. The summed E-state index contributed by atoms with van der Waals surface area (Å²) in [4.78, 5) is 0. The van der Waals surface area contributed by atoms with Crippen molar-refractivity contribution in [2.45, 2.75) is 39.3 Å². The van der Waals surface area contributed by atoms with Gasteiger partial charge in [-0.15, -0.1) is 0 Å². The van der Waals surface area contributed by atoms with Crippen LogP contribution in [0.15, 0.2) is 0 Å².